The van der Waals surface area contributed by atoms with Gasteiger partial charge in [0.2, 0.25) is 0 Å². The SMILES string of the molecule is COC(=O)c1ccc(C(=O)OC)c(N=N/C(C(=O)Nc2cccc(S(=O)(=O)O)c2)=C(\C)O)c1. The molecular formula is C20H19N3O9S. The van der Waals surface area contributed by atoms with Gasteiger partial charge >= 0.3 is 11.9 Å². The molecule has 0 bridgehead atoms. The van der Waals surface area contributed by atoms with Gasteiger partial charge in [-0.05, 0) is 43.3 Å². The summed E-state index contributed by atoms with van der Waals surface area (Å²) in [5.74, 6) is -3.03. The van der Waals surface area contributed by atoms with Crippen molar-refractivity contribution in [2.24, 2.45) is 10.2 Å². The van der Waals surface area contributed by atoms with Crippen LogP contribution < -0.4 is 5.32 Å². The number of ether oxygens (including phenoxy) is 2. The molecule has 0 saturated carbocycles. The second-order valence-electron chi connectivity index (χ2n) is 6.31. The van der Waals surface area contributed by atoms with E-state index in [1.807, 2.05) is 0 Å². The highest BCUT2D eigenvalue weighted by Gasteiger charge is 2.18. The summed E-state index contributed by atoms with van der Waals surface area (Å²) in [5.41, 5.74) is -0.787. The predicted octanol–water partition coefficient (Wildman–Crippen LogP) is 3.02. The number of carbonyl (C=O) groups is 3. The molecule has 0 unspecified atom stereocenters. The normalized spacial score (nSPS) is 12.1. The molecule has 0 spiro atoms. The number of aliphatic hydroxyl groups is 1. The van der Waals surface area contributed by atoms with E-state index in [0.717, 1.165) is 33.3 Å². The maximum atomic E-state index is 12.6. The highest BCUT2D eigenvalue weighted by Crippen LogP contribution is 2.25. The van der Waals surface area contributed by atoms with Crippen molar-refractivity contribution in [3.8, 4) is 0 Å². The fourth-order valence-electron chi connectivity index (χ4n) is 2.45. The monoisotopic (exact) mass is 477 g/mol. The quantitative estimate of drug-likeness (QED) is 0.177. The van der Waals surface area contributed by atoms with E-state index in [1.165, 1.54) is 30.3 Å². The molecule has 2 aromatic rings. The van der Waals surface area contributed by atoms with E-state index in [-0.39, 0.29) is 22.5 Å². The number of esters is 2. The Kier molecular flexibility index (Phi) is 7.99. The van der Waals surface area contributed by atoms with Gasteiger partial charge in [0.05, 0.1) is 30.2 Å². The molecular weight excluding hydrogens is 458 g/mol. The fraction of sp³-hybridized carbons (Fsp3) is 0.150. The number of amides is 1. The second kappa shape index (κ2) is 10.5. The van der Waals surface area contributed by atoms with Crippen molar-refractivity contribution in [2.75, 3.05) is 19.5 Å². The molecule has 2 aromatic carbocycles. The second-order valence-corrected chi connectivity index (χ2v) is 7.73. The lowest BCUT2D eigenvalue weighted by Crippen LogP contribution is -2.15. The number of nitrogens with zero attached hydrogens (tertiary/aromatic N) is 2. The molecule has 0 aliphatic heterocycles. The number of hydrogen-bond donors (Lipinski definition) is 3. The molecule has 0 atom stereocenters. The Morgan fingerprint density at radius 3 is 2.24 bits per heavy atom. The van der Waals surface area contributed by atoms with Crippen LogP contribution >= 0.6 is 0 Å². The van der Waals surface area contributed by atoms with Gasteiger partial charge in [0.25, 0.3) is 16.0 Å². The van der Waals surface area contributed by atoms with Crippen LogP contribution in [0.2, 0.25) is 0 Å². The summed E-state index contributed by atoms with van der Waals surface area (Å²) in [6.45, 7) is 1.15. The van der Waals surface area contributed by atoms with Crippen LogP contribution in [0.4, 0.5) is 11.4 Å². The average molecular weight is 477 g/mol. The zero-order valence-electron chi connectivity index (χ0n) is 17.6. The van der Waals surface area contributed by atoms with E-state index in [4.69, 9.17) is 4.55 Å². The molecule has 0 heterocycles. The molecule has 13 heteroatoms. The Bertz CT molecular complexity index is 1260. The number of hydrogen-bond acceptors (Lipinski definition) is 10. The number of aliphatic hydroxyl groups excluding tert-OH is 1. The summed E-state index contributed by atoms with van der Waals surface area (Å²) in [5, 5.41) is 19.7. The van der Waals surface area contributed by atoms with E-state index in [9.17, 15) is 27.9 Å². The molecule has 1 amide bonds. The van der Waals surface area contributed by atoms with Crippen LogP contribution in [0, 0.1) is 0 Å². The van der Waals surface area contributed by atoms with Crippen molar-refractivity contribution >= 4 is 39.3 Å². The van der Waals surface area contributed by atoms with E-state index in [0.29, 0.717) is 0 Å². The number of azo groups is 1. The Morgan fingerprint density at radius 1 is 1.00 bits per heavy atom. The van der Waals surface area contributed by atoms with E-state index in [1.54, 1.807) is 0 Å². The number of methoxy groups -OCH3 is 2. The van der Waals surface area contributed by atoms with Gasteiger partial charge in [-0.25, -0.2) is 9.59 Å². The van der Waals surface area contributed by atoms with Gasteiger partial charge in [-0.1, -0.05) is 6.07 Å². The predicted molar refractivity (Wildman–Crippen MR) is 114 cm³/mol. The van der Waals surface area contributed by atoms with Gasteiger partial charge in [-0.2, -0.15) is 8.42 Å². The van der Waals surface area contributed by atoms with Crippen molar-refractivity contribution in [1.29, 1.82) is 0 Å². The van der Waals surface area contributed by atoms with E-state index in [2.05, 4.69) is 25.0 Å². The van der Waals surface area contributed by atoms with Gasteiger partial charge in [-0.15, -0.1) is 10.2 Å². The first kappa shape index (κ1) is 25.2. The van der Waals surface area contributed by atoms with Crippen LogP contribution in [0.5, 0.6) is 0 Å². The molecule has 0 aliphatic rings. The molecule has 0 fully saturated rings. The maximum absolute atomic E-state index is 12.6. The highest BCUT2D eigenvalue weighted by molar-refractivity contribution is 7.85. The largest absolute Gasteiger partial charge is 0.510 e. The minimum atomic E-state index is -4.51. The van der Waals surface area contributed by atoms with Crippen LogP contribution in [0.3, 0.4) is 0 Å². The first-order chi connectivity index (χ1) is 15.5. The van der Waals surface area contributed by atoms with Gasteiger partial charge in [0.15, 0.2) is 5.70 Å². The van der Waals surface area contributed by atoms with Crippen LogP contribution in [0.15, 0.2) is 69.0 Å². The summed E-state index contributed by atoms with van der Waals surface area (Å²) in [7, 11) is -2.21. The molecule has 12 nitrogen and oxygen atoms in total. The number of allylic oxidation sites excluding steroid dienone is 1. The summed E-state index contributed by atoms with van der Waals surface area (Å²) in [6.07, 6.45) is 0. The standard InChI is InChI=1S/C20H19N3O9S/c1-11(24)17(18(25)21-13-5-4-6-14(10-13)33(28,29)30)23-22-16-9-12(19(26)31-2)7-8-15(16)20(27)32-3/h4-10,24H,1-3H3,(H,21,25)(H,28,29,30)/b17-11+,23-22?. The summed E-state index contributed by atoms with van der Waals surface area (Å²) in [4.78, 5) is 35.9. The minimum Gasteiger partial charge on any atom is -0.510 e. The van der Waals surface area contributed by atoms with Crippen LogP contribution in [-0.4, -0.2) is 50.1 Å². The lowest BCUT2D eigenvalue weighted by molar-refractivity contribution is -0.113. The topological polar surface area (TPSA) is 181 Å². The molecule has 0 aliphatic carbocycles. The summed E-state index contributed by atoms with van der Waals surface area (Å²) >= 11 is 0. The van der Waals surface area contributed by atoms with Gasteiger partial charge < -0.3 is 19.9 Å². The third-order valence-corrected chi connectivity index (χ3v) is 4.88. The summed E-state index contributed by atoms with van der Waals surface area (Å²) < 4.78 is 40.9. The number of carbonyl (C=O) groups excluding carboxylic acids is 3. The molecule has 2 rings (SSSR count). The van der Waals surface area contributed by atoms with Crippen molar-refractivity contribution in [3.63, 3.8) is 0 Å². The highest BCUT2D eigenvalue weighted by atomic mass is 32.2. The number of anilines is 1. The zero-order chi connectivity index (χ0) is 24.8. The summed E-state index contributed by atoms with van der Waals surface area (Å²) in [6, 6.07) is 8.45. The van der Waals surface area contributed by atoms with Crippen molar-refractivity contribution in [1.82, 2.24) is 0 Å². The molecule has 0 saturated heterocycles. The van der Waals surface area contributed by atoms with Gasteiger partial charge in [0, 0.05) is 5.69 Å². The Labute approximate surface area is 188 Å². The third-order valence-electron chi connectivity index (χ3n) is 4.03. The molecule has 0 aromatic heterocycles. The average Bonchev–Trinajstić information content (AvgIpc) is 2.77. The van der Waals surface area contributed by atoms with Gasteiger partial charge in [-0.3, -0.25) is 9.35 Å². The Hall–Kier alpha value is -4.10. The van der Waals surface area contributed by atoms with Crippen LogP contribution in [0.1, 0.15) is 27.6 Å². The number of benzene rings is 2. The smallest absolute Gasteiger partial charge is 0.340 e. The minimum absolute atomic E-state index is 0.0213. The Morgan fingerprint density at radius 2 is 1.67 bits per heavy atom. The van der Waals surface area contributed by atoms with Crippen molar-refractivity contribution < 1.29 is 41.9 Å². The van der Waals surface area contributed by atoms with Crippen LogP contribution in [-0.2, 0) is 24.4 Å². The molecule has 0 radical (unpaired) electrons. The van der Waals surface area contributed by atoms with Crippen LogP contribution in [0.25, 0.3) is 0 Å². The maximum Gasteiger partial charge on any atom is 0.340 e. The van der Waals surface area contributed by atoms with Crippen molar-refractivity contribution in [2.45, 2.75) is 11.8 Å². The first-order valence-corrected chi connectivity index (χ1v) is 10.4. The fourth-order valence-corrected chi connectivity index (χ4v) is 2.98. The molecule has 3 N–H and O–H groups in total. The lowest BCUT2D eigenvalue weighted by Gasteiger charge is -2.08. The zero-order valence-corrected chi connectivity index (χ0v) is 18.4. The molecule has 174 valence electrons. The number of rotatable bonds is 7. The lowest BCUT2D eigenvalue weighted by atomic mass is 10.1. The molecule has 33 heavy (non-hydrogen) atoms. The van der Waals surface area contributed by atoms with Gasteiger partial charge in [0.1, 0.15) is 11.4 Å². The Balaban J connectivity index is 2.41. The first-order valence-electron chi connectivity index (χ1n) is 8.99. The van der Waals surface area contributed by atoms with E-state index >= 15 is 0 Å². The van der Waals surface area contributed by atoms with E-state index < -0.39 is 44.3 Å². The third kappa shape index (κ3) is 6.44. The number of nitrogens with one attached hydrogen (secondary N) is 1. The van der Waals surface area contributed by atoms with Crippen molar-refractivity contribution in [3.05, 3.63) is 65.0 Å².